The summed E-state index contributed by atoms with van der Waals surface area (Å²) in [7, 11) is 0. The van der Waals surface area contributed by atoms with Crippen LogP contribution in [0.4, 0.5) is 0 Å². The highest BCUT2D eigenvalue weighted by molar-refractivity contribution is 5.85. The molecular formula is C20H17ClN2. The molecular weight excluding hydrogens is 304 g/mol. The minimum absolute atomic E-state index is 0. The normalized spacial score (nSPS) is 9.48. The Balaban J connectivity index is 0.00000192. The van der Waals surface area contributed by atoms with Crippen LogP contribution in [0.5, 0.6) is 0 Å². The lowest BCUT2D eigenvalue weighted by molar-refractivity contribution is 1.03. The number of hydrogen-bond acceptors (Lipinski definition) is 2. The Bertz CT molecular complexity index is 824. The molecule has 0 bridgehead atoms. The molecule has 0 saturated heterocycles. The highest BCUT2D eigenvalue weighted by Gasteiger charge is 1.97. The molecule has 0 aliphatic heterocycles. The molecule has 23 heavy (non-hydrogen) atoms. The second-order valence-electron chi connectivity index (χ2n) is 5.17. The molecule has 1 aromatic heterocycles. The van der Waals surface area contributed by atoms with E-state index < -0.39 is 0 Å². The maximum Gasteiger partial charge on any atom is 0.205 e. The number of aryl methyl sites for hydroxylation is 2. The molecule has 2 aromatic carbocycles. The van der Waals surface area contributed by atoms with E-state index in [1.165, 1.54) is 11.1 Å². The summed E-state index contributed by atoms with van der Waals surface area (Å²) in [5, 5.41) is 0. The molecule has 0 atom stereocenters. The van der Waals surface area contributed by atoms with Crippen LogP contribution in [0.25, 0.3) is 11.1 Å². The predicted octanol–water partition coefficient (Wildman–Crippen LogP) is 4.58. The van der Waals surface area contributed by atoms with Crippen molar-refractivity contribution in [2.24, 2.45) is 0 Å². The molecule has 0 aliphatic carbocycles. The first kappa shape index (κ1) is 16.7. The van der Waals surface area contributed by atoms with Crippen LogP contribution in [0.1, 0.15) is 22.8 Å². The minimum Gasteiger partial charge on any atom is -0.226 e. The molecule has 114 valence electrons. The van der Waals surface area contributed by atoms with Crippen molar-refractivity contribution in [3.8, 4) is 23.0 Å². The third-order valence-corrected chi connectivity index (χ3v) is 3.29. The summed E-state index contributed by atoms with van der Waals surface area (Å²) in [6, 6.07) is 20.5. The number of aromatic nitrogens is 2. The van der Waals surface area contributed by atoms with Crippen molar-refractivity contribution in [3.05, 3.63) is 83.4 Å². The van der Waals surface area contributed by atoms with Gasteiger partial charge in [0.05, 0.1) is 0 Å². The fraction of sp³-hybridized carbons (Fsp3) is 0.100. The van der Waals surface area contributed by atoms with Crippen LogP contribution >= 0.6 is 12.4 Å². The lowest BCUT2D eigenvalue weighted by Crippen LogP contribution is -1.94. The monoisotopic (exact) mass is 320 g/mol. The van der Waals surface area contributed by atoms with E-state index in [-0.39, 0.29) is 12.4 Å². The molecule has 1 heterocycles. The average molecular weight is 321 g/mol. The van der Waals surface area contributed by atoms with Gasteiger partial charge in [0, 0.05) is 17.0 Å². The van der Waals surface area contributed by atoms with Crippen LogP contribution < -0.4 is 0 Å². The van der Waals surface area contributed by atoms with E-state index in [2.05, 4.69) is 46.1 Å². The summed E-state index contributed by atoms with van der Waals surface area (Å²) in [6.07, 6.45) is 0. The maximum absolute atomic E-state index is 4.33. The van der Waals surface area contributed by atoms with Gasteiger partial charge in [-0.1, -0.05) is 48.4 Å². The standard InChI is InChI=1S/C20H16N2.ClH/c1-15-14-16(2)22-20(21-15)13-10-17-8-11-19(12-9-17)18-6-4-3-5-7-18;/h3-9,11-12,14H,1-2H3;1H. The van der Waals surface area contributed by atoms with Gasteiger partial charge in [0.25, 0.3) is 0 Å². The largest absolute Gasteiger partial charge is 0.226 e. The van der Waals surface area contributed by atoms with Gasteiger partial charge < -0.3 is 0 Å². The zero-order valence-electron chi connectivity index (χ0n) is 13.1. The second-order valence-corrected chi connectivity index (χ2v) is 5.17. The average Bonchev–Trinajstić information content (AvgIpc) is 2.53. The fourth-order valence-electron chi connectivity index (χ4n) is 2.29. The number of hydrogen-bond donors (Lipinski definition) is 0. The molecule has 3 rings (SSSR count). The molecule has 0 amide bonds. The summed E-state index contributed by atoms with van der Waals surface area (Å²) in [5.41, 5.74) is 5.24. The number of nitrogens with zero attached hydrogens (tertiary/aromatic N) is 2. The van der Waals surface area contributed by atoms with Crippen molar-refractivity contribution < 1.29 is 0 Å². The van der Waals surface area contributed by atoms with Gasteiger partial charge in [-0.15, -0.1) is 12.4 Å². The van der Waals surface area contributed by atoms with E-state index in [0.717, 1.165) is 17.0 Å². The molecule has 0 fully saturated rings. The first-order valence-electron chi connectivity index (χ1n) is 7.20. The Morgan fingerprint density at radius 1 is 0.696 bits per heavy atom. The van der Waals surface area contributed by atoms with Crippen molar-refractivity contribution in [3.63, 3.8) is 0 Å². The SMILES string of the molecule is Cc1cc(C)nc(C#Cc2ccc(-c3ccccc3)cc2)n1.Cl. The van der Waals surface area contributed by atoms with E-state index >= 15 is 0 Å². The Morgan fingerprint density at radius 2 is 1.26 bits per heavy atom. The van der Waals surface area contributed by atoms with Crippen molar-refractivity contribution in [2.75, 3.05) is 0 Å². The van der Waals surface area contributed by atoms with E-state index in [0.29, 0.717) is 5.82 Å². The lowest BCUT2D eigenvalue weighted by Gasteiger charge is -2.00. The number of halogens is 1. The number of benzene rings is 2. The highest BCUT2D eigenvalue weighted by atomic mass is 35.5. The molecule has 0 N–H and O–H groups in total. The van der Waals surface area contributed by atoms with Crippen molar-refractivity contribution in [2.45, 2.75) is 13.8 Å². The molecule has 0 saturated carbocycles. The number of rotatable bonds is 1. The predicted molar refractivity (Wildman–Crippen MR) is 96.6 cm³/mol. The van der Waals surface area contributed by atoms with Crippen LogP contribution in [0.3, 0.4) is 0 Å². The molecule has 0 spiro atoms. The lowest BCUT2D eigenvalue weighted by atomic mass is 10.0. The van der Waals surface area contributed by atoms with Crippen molar-refractivity contribution in [1.29, 1.82) is 0 Å². The van der Waals surface area contributed by atoms with Gasteiger partial charge in [0.1, 0.15) is 0 Å². The molecule has 3 aromatic rings. The summed E-state index contributed by atoms with van der Waals surface area (Å²) in [5.74, 6) is 6.72. The van der Waals surface area contributed by atoms with E-state index in [4.69, 9.17) is 0 Å². The first-order chi connectivity index (χ1) is 10.7. The maximum atomic E-state index is 4.33. The van der Waals surface area contributed by atoms with Gasteiger partial charge >= 0.3 is 0 Å². The topological polar surface area (TPSA) is 25.8 Å². The second kappa shape index (κ2) is 7.58. The first-order valence-corrected chi connectivity index (χ1v) is 7.20. The smallest absolute Gasteiger partial charge is 0.205 e. The van der Waals surface area contributed by atoms with Crippen LogP contribution in [0.2, 0.25) is 0 Å². The summed E-state index contributed by atoms with van der Waals surface area (Å²) in [4.78, 5) is 8.66. The van der Waals surface area contributed by atoms with E-state index in [1.54, 1.807) is 0 Å². The highest BCUT2D eigenvalue weighted by Crippen LogP contribution is 2.18. The Kier molecular flexibility index (Phi) is 5.51. The van der Waals surface area contributed by atoms with Gasteiger partial charge in [-0.25, -0.2) is 9.97 Å². The van der Waals surface area contributed by atoms with Crippen molar-refractivity contribution in [1.82, 2.24) is 9.97 Å². The summed E-state index contributed by atoms with van der Waals surface area (Å²) < 4.78 is 0. The summed E-state index contributed by atoms with van der Waals surface area (Å²) >= 11 is 0. The van der Waals surface area contributed by atoms with Crippen molar-refractivity contribution >= 4 is 12.4 Å². The molecule has 0 unspecified atom stereocenters. The van der Waals surface area contributed by atoms with Crippen LogP contribution in [0, 0.1) is 25.7 Å². The zero-order chi connectivity index (χ0) is 15.4. The zero-order valence-corrected chi connectivity index (χ0v) is 13.9. The molecule has 3 heteroatoms. The third kappa shape index (κ3) is 4.42. The Labute approximate surface area is 143 Å². The fourth-order valence-corrected chi connectivity index (χ4v) is 2.29. The van der Waals surface area contributed by atoms with Gasteiger partial charge in [-0.3, -0.25) is 0 Å². The van der Waals surface area contributed by atoms with Crippen LogP contribution in [-0.2, 0) is 0 Å². The Hall–Kier alpha value is -2.63. The third-order valence-electron chi connectivity index (χ3n) is 3.29. The van der Waals surface area contributed by atoms with Gasteiger partial charge in [0.15, 0.2) is 0 Å². The van der Waals surface area contributed by atoms with Gasteiger partial charge in [-0.05, 0) is 49.1 Å². The molecule has 2 nitrogen and oxygen atoms in total. The van der Waals surface area contributed by atoms with Gasteiger partial charge in [0.2, 0.25) is 5.82 Å². The minimum atomic E-state index is 0. The quantitative estimate of drug-likeness (QED) is 0.613. The van der Waals surface area contributed by atoms with E-state index in [1.807, 2.05) is 50.2 Å². The molecule has 0 aliphatic rings. The van der Waals surface area contributed by atoms with Crippen LogP contribution in [0.15, 0.2) is 60.7 Å². The van der Waals surface area contributed by atoms with Gasteiger partial charge in [-0.2, -0.15) is 0 Å². The summed E-state index contributed by atoms with van der Waals surface area (Å²) in [6.45, 7) is 3.91. The Morgan fingerprint density at radius 3 is 1.87 bits per heavy atom. The van der Waals surface area contributed by atoms with Crippen LogP contribution in [-0.4, -0.2) is 9.97 Å². The van der Waals surface area contributed by atoms with E-state index in [9.17, 15) is 0 Å². The molecule has 0 radical (unpaired) electrons.